The highest BCUT2D eigenvalue weighted by Crippen LogP contribution is 2.19. The maximum Gasteiger partial charge on any atom is 0.244 e. The van der Waals surface area contributed by atoms with Crippen LogP contribution in [0.1, 0.15) is 24.6 Å². The molecule has 0 radical (unpaired) electrons. The second kappa shape index (κ2) is 7.01. The van der Waals surface area contributed by atoms with Crippen LogP contribution in [-0.4, -0.2) is 22.2 Å². The smallest absolute Gasteiger partial charge is 0.244 e. The summed E-state index contributed by atoms with van der Waals surface area (Å²) >= 11 is 6.05. The molecule has 0 aliphatic heterocycles. The van der Waals surface area contributed by atoms with E-state index in [0.29, 0.717) is 11.7 Å². The van der Waals surface area contributed by atoms with Crippen molar-refractivity contribution in [3.05, 3.63) is 34.6 Å². The summed E-state index contributed by atoms with van der Waals surface area (Å²) in [6.07, 6.45) is 7.97. The van der Waals surface area contributed by atoms with Crippen LogP contribution in [0.5, 0.6) is 0 Å². The molecule has 0 aliphatic carbocycles. The van der Waals surface area contributed by atoms with Gasteiger partial charge in [-0.1, -0.05) is 23.8 Å². The van der Waals surface area contributed by atoms with Crippen molar-refractivity contribution in [2.24, 2.45) is 7.05 Å². The zero-order valence-electron chi connectivity index (χ0n) is 10.9. The molecular weight excluding hydrogens is 250 g/mol. The van der Waals surface area contributed by atoms with Gasteiger partial charge in [-0.05, 0) is 26.3 Å². The quantitative estimate of drug-likeness (QED) is 0.506. The Labute approximate surface area is 112 Å². The Hall–Kier alpha value is -1.55. The third-order valence-corrected chi connectivity index (χ3v) is 2.89. The molecule has 18 heavy (non-hydrogen) atoms. The lowest BCUT2D eigenvalue weighted by Crippen LogP contribution is -2.21. The molecule has 98 valence electrons. The molecule has 0 aromatic carbocycles. The van der Waals surface area contributed by atoms with Gasteiger partial charge in [-0.2, -0.15) is 5.10 Å². The second-order valence-electron chi connectivity index (χ2n) is 3.90. The lowest BCUT2D eigenvalue weighted by Gasteiger charge is -1.98. The largest absolute Gasteiger partial charge is 0.352 e. The Morgan fingerprint density at radius 1 is 1.56 bits per heavy atom. The van der Waals surface area contributed by atoms with E-state index in [4.69, 9.17) is 11.6 Å². The molecule has 1 amide bonds. The van der Waals surface area contributed by atoms with Gasteiger partial charge < -0.3 is 5.32 Å². The second-order valence-corrected chi connectivity index (χ2v) is 4.25. The number of carbonyl (C=O) groups excluding carboxylic acids is 1. The summed E-state index contributed by atoms with van der Waals surface area (Å²) in [6, 6.07) is 0. The van der Waals surface area contributed by atoms with E-state index in [1.165, 1.54) is 6.08 Å². The molecule has 0 unspecified atom stereocenters. The average molecular weight is 268 g/mol. The number of hydrogen-bond acceptors (Lipinski definition) is 2. The minimum absolute atomic E-state index is 0.126. The van der Waals surface area contributed by atoms with Gasteiger partial charge in [-0.25, -0.2) is 0 Å². The maximum atomic E-state index is 11.5. The van der Waals surface area contributed by atoms with E-state index in [-0.39, 0.29) is 5.91 Å². The van der Waals surface area contributed by atoms with E-state index < -0.39 is 0 Å². The Morgan fingerprint density at radius 2 is 2.28 bits per heavy atom. The molecule has 1 aromatic heterocycles. The third-order valence-electron chi connectivity index (χ3n) is 2.44. The van der Waals surface area contributed by atoms with Crippen molar-refractivity contribution in [3.8, 4) is 0 Å². The molecule has 0 saturated carbocycles. The molecule has 4 nitrogen and oxygen atoms in total. The third kappa shape index (κ3) is 4.04. The van der Waals surface area contributed by atoms with Crippen molar-refractivity contribution < 1.29 is 4.79 Å². The fourth-order valence-corrected chi connectivity index (χ4v) is 1.74. The summed E-state index contributed by atoms with van der Waals surface area (Å²) in [5, 5.41) is 7.49. The number of nitrogens with one attached hydrogen (secondary N) is 1. The molecule has 1 heterocycles. The van der Waals surface area contributed by atoms with Gasteiger partial charge in [0.05, 0.1) is 5.69 Å². The van der Waals surface area contributed by atoms with Gasteiger partial charge in [0.15, 0.2) is 0 Å². The van der Waals surface area contributed by atoms with Crippen LogP contribution in [0.4, 0.5) is 0 Å². The van der Waals surface area contributed by atoms with Crippen LogP contribution in [0.3, 0.4) is 0 Å². The van der Waals surface area contributed by atoms with Gasteiger partial charge in [-0.15, -0.1) is 0 Å². The summed E-state index contributed by atoms with van der Waals surface area (Å²) in [4.78, 5) is 11.5. The van der Waals surface area contributed by atoms with Crippen molar-refractivity contribution in [2.75, 3.05) is 6.54 Å². The monoisotopic (exact) mass is 267 g/mol. The van der Waals surface area contributed by atoms with Crippen molar-refractivity contribution in [2.45, 2.75) is 20.3 Å². The fraction of sp³-hybridized carbons (Fsp3) is 0.385. The molecule has 0 atom stereocenters. The van der Waals surface area contributed by atoms with Crippen LogP contribution in [0.15, 0.2) is 18.2 Å². The van der Waals surface area contributed by atoms with E-state index in [0.717, 1.165) is 17.7 Å². The van der Waals surface area contributed by atoms with Crippen LogP contribution < -0.4 is 5.32 Å². The van der Waals surface area contributed by atoms with E-state index in [2.05, 4.69) is 10.4 Å². The maximum absolute atomic E-state index is 11.5. The number of aromatic nitrogens is 2. The van der Waals surface area contributed by atoms with Gasteiger partial charge in [0.1, 0.15) is 5.15 Å². The number of rotatable bonds is 5. The topological polar surface area (TPSA) is 46.9 Å². The fourth-order valence-electron chi connectivity index (χ4n) is 1.50. The Morgan fingerprint density at radius 3 is 2.83 bits per heavy atom. The van der Waals surface area contributed by atoms with Crippen molar-refractivity contribution in [3.63, 3.8) is 0 Å². The molecule has 0 spiro atoms. The predicted octanol–water partition coefficient (Wildman–Crippen LogP) is 2.48. The number of nitrogens with zero attached hydrogens (tertiary/aromatic N) is 2. The first-order chi connectivity index (χ1) is 8.56. The van der Waals surface area contributed by atoms with Crippen LogP contribution in [0.2, 0.25) is 5.15 Å². The number of hydrogen-bond donors (Lipinski definition) is 1. The van der Waals surface area contributed by atoms with Gasteiger partial charge in [0.25, 0.3) is 0 Å². The normalized spacial score (nSPS) is 11.6. The molecule has 0 saturated heterocycles. The molecule has 0 aliphatic rings. The van der Waals surface area contributed by atoms with Crippen LogP contribution >= 0.6 is 11.6 Å². The van der Waals surface area contributed by atoms with Gasteiger partial charge >= 0.3 is 0 Å². The highest BCUT2D eigenvalue weighted by Gasteiger charge is 2.08. The SMILES string of the molecule is C/C=C/CCNC(=O)/C=C/c1c(C)nn(C)c1Cl. The first-order valence-electron chi connectivity index (χ1n) is 5.82. The molecule has 0 bridgehead atoms. The lowest BCUT2D eigenvalue weighted by molar-refractivity contribution is -0.116. The van der Waals surface area contributed by atoms with Crippen LogP contribution in [0.25, 0.3) is 6.08 Å². The average Bonchev–Trinajstić information content (AvgIpc) is 2.57. The standard InChI is InChI=1S/C13H18ClN3O/c1-4-5-6-9-15-12(18)8-7-11-10(2)16-17(3)13(11)14/h4-5,7-8H,6,9H2,1-3H3,(H,15,18)/b5-4+,8-7+. The van der Waals surface area contributed by atoms with E-state index in [9.17, 15) is 4.79 Å². The highest BCUT2D eigenvalue weighted by molar-refractivity contribution is 6.31. The van der Waals surface area contributed by atoms with Crippen LogP contribution in [-0.2, 0) is 11.8 Å². The van der Waals surface area contributed by atoms with E-state index in [1.54, 1.807) is 17.8 Å². The molecule has 1 aromatic rings. The molecule has 1 rings (SSSR count). The van der Waals surface area contributed by atoms with Crippen molar-refractivity contribution in [1.29, 1.82) is 0 Å². The highest BCUT2D eigenvalue weighted by atomic mass is 35.5. The minimum atomic E-state index is -0.126. The minimum Gasteiger partial charge on any atom is -0.352 e. The zero-order valence-corrected chi connectivity index (χ0v) is 11.7. The Balaban J connectivity index is 2.55. The van der Waals surface area contributed by atoms with Gasteiger partial charge in [0.2, 0.25) is 5.91 Å². The van der Waals surface area contributed by atoms with Crippen molar-refractivity contribution in [1.82, 2.24) is 15.1 Å². The summed E-state index contributed by atoms with van der Waals surface area (Å²) in [5.41, 5.74) is 1.59. The Bertz CT molecular complexity index is 475. The summed E-state index contributed by atoms with van der Waals surface area (Å²) in [7, 11) is 1.77. The summed E-state index contributed by atoms with van der Waals surface area (Å²) in [5.74, 6) is -0.126. The van der Waals surface area contributed by atoms with E-state index >= 15 is 0 Å². The molecule has 1 N–H and O–H groups in total. The molecule has 5 heteroatoms. The lowest BCUT2D eigenvalue weighted by atomic mass is 10.2. The zero-order chi connectivity index (χ0) is 13.5. The molecule has 0 fully saturated rings. The first-order valence-corrected chi connectivity index (χ1v) is 6.20. The number of allylic oxidation sites excluding steroid dienone is 1. The number of aryl methyl sites for hydroxylation is 2. The molecular formula is C13H18ClN3O. The number of amides is 1. The number of halogens is 1. The Kier molecular flexibility index (Phi) is 5.65. The van der Waals surface area contributed by atoms with Crippen LogP contribution in [0, 0.1) is 6.92 Å². The predicted molar refractivity (Wildman–Crippen MR) is 74.4 cm³/mol. The van der Waals surface area contributed by atoms with Crippen molar-refractivity contribution >= 4 is 23.6 Å². The van der Waals surface area contributed by atoms with Gasteiger partial charge in [-0.3, -0.25) is 9.48 Å². The first kappa shape index (κ1) is 14.5. The summed E-state index contributed by atoms with van der Waals surface area (Å²) in [6.45, 7) is 4.44. The summed E-state index contributed by atoms with van der Waals surface area (Å²) < 4.78 is 1.58. The van der Waals surface area contributed by atoms with E-state index in [1.807, 2.05) is 26.0 Å². The number of carbonyl (C=O) groups is 1. The van der Waals surface area contributed by atoms with Gasteiger partial charge in [0, 0.05) is 25.2 Å².